The Kier molecular flexibility index (Phi) is 2.21. The number of rotatable bonds is 0. The van der Waals surface area contributed by atoms with Gasteiger partial charge in [0.2, 0.25) is 5.91 Å². The summed E-state index contributed by atoms with van der Waals surface area (Å²) in [5.41, 5.74) is 0.430. The number of nitrogens with one attached hydrogen (secondary N) is 1. The molecule has 0 unspecified atom stereocenters. The second-order valence-electron chi connectivity index (χ2n) is 4.52. The van der Waals surface area contributed by atoms with Gasteiger partial charge in [-0.05, 0) is 31.0 Å². The number of hydrogen-bond donors (Lipinski definition) is 1. The number of carbonyl (C=O) groups is 1. The summed E-state index contributed by atoms with van der Waals surface area (Å²) in [6.07, 6.45) is 3.04. The summed E-state index contributed by atoms with van der Waals surface area (Å²) >= 11 is 1.65. The van der Waals surface area contributed by atoms with Crippen LogP contribution in [0, 0.1) is 11.2 Å². The van der Waals surface area contributed by atoms with Gasteiger partial charge in [0.05, 0.1) is 11.1 Å². The van der Waals surface area contributed by atoms with Crippen molar-refractivity contribution in [2.24, 2.45) is 5.41 Å². The van der Waals surface area contributed by atoms with Crippen molar-refractivity contribution in [3.8, 4) is 0 Å². The van der Waals surface area contributed by atoms with Crippen molar-refractivity contribution in [3.05, 3.63) is 24.0 Å². The standard InChI is InChI=1S/C12H12FNOS/c13-8-2-3-10-9(6-8)14-11(15)12(7-16-10)4-1-5-12/h2-3,6H,1,4-5,7H2,(H,14,15). The number of amides is 1. The Morgan fingerprint density at radius 3 is 2.88 bits per heavy atom. The Labute approximate surface area is 97.6 Å². The molecule has 1 saturated carbocycles. The molecule has 1 aliphatic heterocycles. The average molecular weight is 237 g/mol. The fourth-order valence-electron chi connectivity index (χ4n) is 2.24. The number of carbonyl (C=O) groups excluding carboxylic acids is 1. The number of anilines is 1. The number of fused-ring (bicyclic) bond motifs is 1. The Morgan fingerprint density at radius 2 is 2.19 bits per heavy atom. The van der Waals surface area contributed by atoms with E-state index in [1.54, 1.807) is 17.8 Å². The first-order valence-electron chi connectivity index (χ1n) is 5.43. The maximum absolute atomic E-state index is 13.1. The van der Waals surface area contributed by atoms with Crippen LogP contribution in [-0.2, 0) is 4.79 Å². The summed E-state index contributed by atoms with van der Waals surface area (Å²) in [6, 6.07) is 4.59. The lowest BCUT2D eigenvalue weighted by molar-refractivity contribution is -0.128. The molecule has 1 amide bonds. The Morgan fingerprint density at radius 1 is 1.38 bits per heavy atom. The highest BCUT2D eigenvalue weighted by atomic mass is 32.2. The summed E-state index contributed by atoms with van der Waals surface area (Å²) in [6.45, 7) is 0. The van der Waals surface area contributed by atoms with Crippen molar-refractivity contribution < 1.29 is 9.18 Å². The van der Waals surface area contributed by atoms with Crippen LogP contribution in [0.4, 0.5) is 10.1 Å². The molecule has 1 spiro atoms. The molecule has 1 aliphatic carbocycles. The maximum Gasteiger partial charge on any atom is 0.231 e. The molecule has 84 valence electrons. The minimum absolute atomic E-state index is 0.0654. The fraction of sp³-hybridized carbons (Fsp3) is 0.417. The molecule has 1 N–H and O–H groups in total. The van der Waals surface area contributed by atoms with Crippen molar-refractivity contribution in [2.75, 3.05) is 11.1 Å². The smallest absolute Gasteiger partial charge is 0.231 e. The molecule has 1 aromatic rings. The lowest BCUT2D eigenvalue weighted by Crippen LogP contribution is -2.43. The van der Waals surface area contributed by atoms with Gasteiger partial charge in [0, 0.05) is 10.6 Å². The number of benzene rings is 1. The van der Waals surface area contributed by atoms with E-state index in [4.69, 9.17) is 0 Å². The first kappa shape index (κ1) is 10.1. The van der Waals surface area contributed by atoms with Crippen LogP contribution in [0.3, 0.4) is 0 Å². The van der Waals surface area contributed by atoms with Gasteiger partial charge >= 0.3 is 0 Å². The fourth-order valence-corrected chi connectivity index (χ4v) is 3.52. The quantitative estimate of drug-likeness (QED) is 0.751. The van der Waals surface area contributed by atoms with Crippen molar-refractivity contribution >= 4 is 23.4 Å². The molecule has 0 aromatic heterocycles. The maximum atomic E-state index is 13.1. The van der Waals surface area contributed by atoms with Gasteiger partial charge in [0.1, 0.15) is 5.82 Å². The molecular formula is C12H12FNOS. The van der Waals surface area contributed by atoms with Crippen LogP contribution in [0.15, 0.2) is 23.1 Å². The van der Waals surface area contributed by atoms with Gasteiger partial charge in [-0.15, -0.1) is 11.8 Å². The van der Waals surface area contributed by atoms with E-state index in [-0.39, 0.29) is 17.1 Å². The molecule has 1 heterocycles. The van der Waals surface area contributed by atoms with E-state index in [0.717, 1.165) is 29.9 Å². The molecule has 1 fully saturated rings. The van der Waals surface area contributed by atoms with Gasteiger partial charge in [-0.25, -0.2) is 4.39 Å². The first-order chi connectivity index (χ1) is 7.70. The average Bonchev–Trinajstić information content (AvgIpc) is 2.32. The van der Waals surface area contributed by atoms with Gasteiger partial charge in [-0.1, -0.05) is 6.42 Å². The highest BCUT2D eigenvalue weighted by Crippen LogP contribution is 2.48. The largest absolute Gasteiger partial charge is 0.324 e. The summed E-state index contributed by atoms with van der Waals surface area (Å²) < 4.78 is 13.1. The minimum atomic E-state index is -0.302. The number of thioether (sulfide) groups is 1. The molecule has 0 atom stereocenters. The van der Waals surface area contributed by atoms with Crippen LogP contribution >= 0.6 is 11.8 Å². The molecule has 0 radical (unpaired) electrons. The summed E-state index contributed by atoms with van der Waals surface area (Å²) in [4.78, 5) is 13.0. The zero-order valence-electron chi connectivity index (χ0n) is 8.75. The third-order valence-electron chi connectivity index (χ3n) is 3.49. The number of halogens is 1. The Balaban J connectivity index is 1.97. The van der Waals surface area contributed by atoms with Crippen LogP contribution < -0.4 is 5.32 Å². The van der Waals surface area contributed by atoms with E-state index >= 15 is 0 Å². The third kappa shape index (κ3) is 1.44. The van der Waals surface area contributed by atoms with E-state index in [0.29, 0.717) is 5.69 Å². The zero-order chi connectivity index (χ0) is 11.2. The van der Waals surface area contributed by atoms with Gasteiger partial charge in [0.15, 0.2) is 0 Å². The van der Waals surface area contributed by atoms with E-state index in [1.165, 1.54) is 12.1 Å². The van der Waals surface area contributed by atoms with E-state index in [9.17, 15) is 9.18 Å². The van der Waals surface area contributed by atoms with Crippen LogP contribution in [0.1, 0.15) is 19.3 Å². The van der Waals surface area contributed by atoms with E-state index in [1.807, 2.05) is 0 Å². The van der Waals surface area contributed by atoms with Gasteiger partial charge in [-0.3, -0.25) is 4.79 Å². The van der Waals surface area contributed by atoms with E-state index < -0.39 is 0 Å². The molecule has 3 rings (SSSR count). The van der Waals surface area contributed by atoms with Crippen LogP contribution in [0.2, 0.25) is 0 Å². The van der Waals surface area contributed by atoms with E-state index in [2.05, 4.69) is 5.32 Å². The SMILES string of the molecule is O=C1Nc2cc(F)ccc2SCC12CCC2. The predicted molar refractivity (Wildman–Crippen MR) is 62.0 cm³/mol. The molecule has 2 nitrogen and oxygen atoms in total. The monoisotopic (exact) mass is 237 g/mol. The molecule has 0 bridgehead atoms. The normalized spacial score (nSPS) is 21.9. The molecule has 4 heteroatoms. The zero-order valence-corrected chi connectivity index (χ0v) is 9.57. The second kappa shape index (κ2) is 3.48. The topological polar surface area (TPSA) is 29.1 Å². The second-order valence-corrected chi connectivity index (χ2v) is 5.53. The Bertz CT molecular complexity index is 456. The minimum Gasteiger partial charge on any atom is -0.324 e. The third-order valence-corrected chi connectivity index (χ3v) is 4.85. The van der Waals surface area contributed by atoms with Crippen LogP contribution in [0.5, 0.6) is 0 Å². The summed E-state index contributed by atoms with van der Waals surface area (Å²) in [7, 11) is 0. The number of hydrogen-bond acceptors (Lipinski definition) is 2. The summed E-state index contributed by atoms with van der Waals surface area (Å²) in [5.74, 6) is 0.581. The van der Waals surface area contributed by atoms with Crippen LogP contribution in [-0.4, -0.2) is 11.7 Å². The Hall–Kier alpha value is -1.03. The van der Waals surface area contributed by atoms with Crippen molar-refractivity contribution in [2.45, 2.75) is 24.2 Å². The van der Waals surface area contributed by atoms with Crippen LogP contribution in [0.25, 0.3) is 0 Å². The highest BCUT2D eigenvalue weighted by molar-refractivity contribution is 7.99. The molecule has 16 heavy (non-hydrogen) atoms. The molecule has 0 saturated heterocycles. The van der Waals surface area contributed by atoms with Gasteiger partial charge < -0.3 is 5.32 Å². The van der Waals surface area contributed by atoms with Gasteiger partial charge in [-0.2, -0.15) is 0 Å². The summed E-state index contributed by atoms with van der Waals surface area (Å²) in [5, 5.41) is 2.86. The van der Waals surface area contributed by atoms with Crippen molar-refractivity contribution in [3.63, 3.8) is 0 Å². The molecule has 1 aromatic carbocycles. The molecule has 2 aliphatic rings. The van der Waals surface area contributed by atoms with Crippen molar-refractivity contribution in [1.82, 2.24) is 0 Å². The highest BCUT2D eigenvalue weighted by Gasteiger charge is 2.45. The molecular weight excluding hydrogens is 225 g/mol. The predicted octanol–water partition coefficient (Wildman–Crippen LogP) is 3.04. The first-order valence-corrected chi connectivity index (χ1v) is 6.42. The lowest BCUT2D eigenvalue weighted by atomic mass is 9.69. The van der Waals surface area contributed by atoms with Gasteiger partial charge in [0.25, 0.3) is 0 Å². The lowest BCUT2D eigenvalue weighted by Gasteiger charge is -2.38. The van der Waals surface area contributed by atoms with Crippen molar-refractivity contribution in [1.29, 1.82) is 0 Å².